The van der Waals surface area contributed by atoms with Crippen LogP contribution in [0.2, 0.25) is 0 Å². The van der Waals surface area contributed by atoms with Crippen LogP contribution in [0.5, 0.6) is 0 Å². The molecule has 0 aliphatic carbocycles. The lowest BCUT2D eigenvalue weighted by atomic mass is 10.2. The number of esters is 1. The zero-order valence-corrected chi connectivity index (χ0v) is 12.2. The van der Waals surface area contributed by atoms with Gasteiger partial charge < -0.3 is 9.47 Å². The molecule has 0 radical (unpaired) electrons. The number of hydrogen-bond acceptors (Lipinski definition) is 5. The fraction of sp³-hybridized carbons (Fsp3) is 0.769. The SMILES string of the molecule is CCOC(=O)[C@H](C)N(CCC#N)C(=O)OC(C)(C)C. The smallest absolute Gasteiger partial charge is 0.411 e. The van der Waals surface area contributed by atoms with Crippen LogP contribution >= 0.6 is 0 Å². The summed E-state index contributed by atoms with van der Waals surface area (Å²) in [6.07, 6.45) is -0.494. The monoisotopic (exact) mass is 270 g/mol. The molecule has 0 aliphatic rings. The maximum Gasteiger partial charge on any atom is 0.411 e. The van der Waals surface area contributed by atoms with Crippen LogP contribution in [0.1, 0.15) is 41.0 Å². The number of ether oxygens (including phenoxy) is 2. The van der Waals surface area contributed by atoms with Crippen molar-refractivity contribution in [3.8, 4) is 6.07 Å². The molecule has 0 saturated carbocycles. The molecule has 0 heterocycles. The van der Waals surface area contributed by atoms with E-state index in [0.717, 1.165) is 0 Å². The molecule has 0 spiro atoms. The molecule has 0 aromatic heterocycles. The van der Waals surface area contributed by atoms with Crippen molar-refractivity contribution in [1.29, 1.82) is 5.26 Å². The lowest BCUT2D eigenvalue weighted by Crippen LogP contribution is -2.46. The van der Waals surface area contributed by atoms with E-state index >= 15 is 0 Å². The van der Waals surface area contributed by atoms with Gasteiger partial charge in [-0.25, -0.2) is 9.59 Å². The first kappa shape index (κ1) is 17.2. The highest BCUT2D eigenvalue weighted by atomic mass is 16.6. The molecular formula is C13H22N2O4. The second-order valence-electron chi connectivity index (χ2n) is 5.01. The number of nitrogens with zero attached hydrogens (tertiary/aromatic N) is 2. The molecule has 0 saturated heterocycles. The Morgan fingerprint density at radius 3 is 2.37 bits per heavy atom. The summed E-state index contributed by atoms with van der Waals surface area (Å²) in [7, 11) is 0. The average molecular weight is 270 g/mol. The van der Waals surface area contributed by atoms with Gasteiger partial charge in [0.1, 0.15) is 11.6 Å². The normalized spacial score (nSPS) is 12.2. The molecule has 0 aliphatic heterocycles. The van der Waals surface area contributed by atoms with Crippen LogP contribution in [0.3, 0.4) is 0 Å². The van der Waals surface area contributed by atoms with Crippen LogP contribution in [-0.4, -0.2) is 41.8 Å². The van der Waals surface area contributed by atoms with Crippen LogP contribution in [0, 0.1) is 11.3 Å². The van der Waals surface area contributed by atoms with Gasteiger partial charge >= 0.3 is 12.1 Å². The van der Waals surface area contributed by atoms with E-state index in [0.29, 0.717) is 0 Å². The van der Waals surface area contributed by atoms with E-state index < -0.39 is 23.7 Å². The summed E-state index contributed by atoms with van der Waals surface area (Å²) < 4.78 is 10.1. The summed E-state index contributed by atoms with van der Waals surface area (Å²) in [5, 5.41) is 8.61. The first-order valence-corrected chi connectivity index (χ1v) is 6.26. The largest absolute Gasteiger partial charge is 0.464 e. The van der Waals surface area contributed by atoms with Gasteiger partial charge in [0.2, 0.25) is 0 Å². The molecule has 0 bridgehead atoms. The van der Waals surface area contributed by atoms with Crippen molar-refractivity contribution >= 4 is 12.1 Å². The maximum atomic E-state index is 12.0. The van der Waals surface area contributed by atoms with Gasteiger partial charge in [0.25, 0.3) is 0 Å². The summed E-state index contributed by atoms with van der Waals surface area (Å²) in [6.45, 7) is 8.83. The van der Waals surface area contributed by atoms with Gasteiger partial charge in [0.15, 0.2) is 0 Å². The minimum atomic E-state index is -0.775. The molecular weight excluding hydrogens is 248 g/mol. The van der Waals surface area contributed by atoms with Gasteiger partial charge in [-0.3, -0.25) is 4.90 Å². The quantitative estimate of drug-likeness (QED) is 0.715. The number of hydrogen-bond donors (Lipinski definition) is 0. The highest BCUT2D eigenvalue weighted by molar-refractivity contribution is 5.81. The highest BCUT2D eigenvalue weighted by Crippen LogP contribution is 2.13. The first-order chi connectivity index (χ1) is 8.72. The number of rotatable bonds is 5. The predicted molar refractivity (Wildman–Crippen MR) is 69.3 cm³/mol. The molecule has 1 atom stereocenters. The number of nitriles is 1. The third-order valence-corrected chi connectivity index (χ3v) is 2.19. The molecule has 108 valence electrons. The minimum absolute atomic E-state index is 0.128. The van der Waals surface area contributed by atoms with E-state index in [1.807, 2.05) is 6.07 Å². The molecule has 0 rings (SSSR count). The topological polar surface area (TPSA) is 79.6 Å². The zero-order valence-electron chi connectivity index (χ0n) is 12.2. The van der Waals surface area contributed by atoms with Crippen LogP contribution in [0.4, 0.5) is 4.79 Å². The Labute approximate surface area is 114 Å². The minimum Gasteiger partial charge on any atom is -0.464 e. The lowest BCUT2D eigenvalue weighted by molar-refractivity contribution is -0.148. The van der Waals surface area contributed by atoms with Crippen LogP contribution in [-0.2, 0) is 14.3 Å². The Hall–Kier alpha value is -1.77. The summed E-state index contributed by atoms with van der Waals surface area (Å²) in [5.41, 5.74) is -0.656. The Morgan fingerprint density at radius 1 is 1.37 bits per heavy atom. The van der Waals surface area contributed by atoms with Crippen LogP contribution in [0.15, 0.2) is 0 Å². The highest BCUT2D eigenvalue weighted by Gasteiger charge is 2.30. The summed E-state index contributed by atoms with van der Waals surface area (Å²) in [5.74, 6) is -0.508. The first-order valence-electron chi connectivity index (χ1n) is 6.26. The van der Waals surface area contributed by atoms with Crippen molar-refractivity contribution in [3.63, 3.8) is 0 Å². The van der Waals surface area contributed by atoms with E-state index in [-0.39, 0.29) is 19.6 Å². The average Bonchev–Trinajstić information content (AvgIpc) is 2.27. The van der Waals surface area contributed by atoms with E-state index in [1.165, 1.54) is 4.90 Å². The van der Waals surface area contributed by atoms with Crippen molar-refractivity contribution in [2.75, 3.05) is 13.2 Å². The molecule has 0 aromatic carbocycles. The number of amides is 1. The summed E-state index contributed by atoms with van der Waals surface area (Å²) >= 11 is 0. The number of carbonyl (C=O) groups excluding carboxylic acids is 2. The van der Waals surface area contributed by atoms with Gasteiger partial charge in [0, 0.05) is 6.54 Å². The fourth-order valence-electron chi connectivity index (χ4n) is 1.32. The Balaban J connectivity index is 4.84. The van der Waals surface area contributed by atoms with Gasteiger partial charge in [0.05, 0.1) is 19.1 Å². The Bertz CT molecular complexity index is 355. The standard InChI is InChI=1S/C13H22N2O4/c1-6-18-11(16)10(2)15(9-7-8-14)12(17)19-13(3,4)5/h10H,6-7,9H2,1-5H3/t10-/m0/s1. The molecule has 0 unspecified atom stereocenters. The lowest BCUT2D eigenvalue weighted by Gasteiger charge is -2.30. The molecule has 0 N–H and O–H groups in total. The van der Waals surface area contributed by atoms with Gasteiger partial charge in [-0.1, -0.05) is 0 Å². The zero-order chi connectivity index (χ0) is 15.1. The van der Waals surface area contributed by atoms with Gasteiger partial charge in [-0.15, -0.1) is 0 Å². The molecule has 1 amide bonds. The summed E-state index contributed by atoms with van der Waals surface area (Å²) in [6, 6.07) is 1.17. The second-order valence-corrected chi connectivity index (χ2v) is 5.01. The van der Waals surface area contributed by atoms with E-state index in [2.05, 4.69) is 0 Å². The third kappa shape index (κ3) is 6.65. The van der Waals surface area contributed by atoms with Crippen molar-refractivity contribution < 1.29 is 19.1 Å². The molecule has 6 heteroatoms. The maximum absolute atomic E-state index is 12.0. The Morgan fingerprint density at radius 2 is 1.95 bits per heavy atom. The van der Waals surface area contributed by atoms with E-state index in [1.54, 1.807) is 34.6 Å². The Kier molecular flexibility index (Phi) is 6.91. The van der Waals surface area contributed by atoms with E-state index in [4.69, 9.17) is 14.7 Å². The molecule has 0 fully saturated rings. The fourth-order valence-corrected chi connectivity index (χ4v) is 1.32. The van der Waals surface area contributed by atoms with Crippen LogP contribution in [0.25, 0.3) is 0 Å². The summed E-state index contributed by atoms with van der Waals surface area (Å²) in [4.78, 5) is 24.9. The number of carbonyl (C=O) groups is 2. The third-order valence-electron chi connectivity index (χ3n) is 2.19. The van der Waals surface area contributed by atoms with Crippen molar-refractivity contribution in [3.05, 3.63) is 0 Å². The predicted octanol–water partition coefficient (Wildman–Crippen LogP) is 2.09. The van der Waals surface area contributed by atoms with Gasteiger partial charge in [-0.2, -0.15) is 5.26 Å². The van der Waals surface area contributed by atoms with Crippen molar-refractivity contribution in [2.24, 2.45) is 0 Å². The second kappa shape index (κ2) is 7.62. The molecule has 19 heavy (non-hydrogen) atoms. The van der Waals surface area contributed by atoms with Gasteiger partial charge in [-0.05, 0) is 34.6 Å². The van der Waals surface area contributed by atoms with E-state index in [9.17, 15) is 9.59 Å². The molecule has 6 nitrogen and oxygen atoms in total. The van der Waals surface area contributed by atoms with Crippen molar-refractivity contribution in [1.82, 2.24) is 4.90 Å². The van der Waals surface area contributed by atoms with Crippen LogP contribution < -0.4 is 0 Å². The molecule has 0 aromatic rings. The van der Waals surface area contributed by atoms with Crippen molar-refractivity contribution in [2.45, 2.75) is 52.7 Å².